The highest BCUT2D eigenvalue weighted by atomic mass is 16.5. The molecule has 2 aromatic heterocycles. The summed E-state index contributed by atoms with van der Waals surface area (Å²) in [7, 11) is 0. The number of morpholine rings is 1. The Balaban J connectivity index is 1.54. The highest BCUT2D eigenvalue weighted by Gasteiger charge is 2.46. The fourth-order valence-corrected chi connectivity index (χ4v) is 4.69. The molecule has 2 aliphatic rings. The second kappa shape index (κ2) is 9.81. The first kappa shape index (κ1) is 22.9. The smallest absolute Gasteiger partial charge is 0.295 e. The van der Waals surface area contributed by atoms with Gasteiger partial charge in [-0.3, -0.25) is 19.5 Å². The number of rotatable bonds is 6. The fourth-order valence-electron chi connectivity index (χ4n) is 4.69. The van der Waals surface area contributed by atoms with E-state index in [9.17, 15) is 14.7 Å². The number of nitrogens with zero attached hydrogens (tertiary/aromatic N) is 5. The Hall–Kier alpha value is -3.82. The van der Waals surface area contributed by atoms with Crippen molar-refractivity contribution in [1.82, 2.24) is 24.6 Å². The zero-order valence-corrected chi connectivity index (χ0v) is 19.5. The Morgan fingerprint density at radius 1 is 1.06 bits per heavy atom. The van der Waals surface area contributed by atoms with E-state index in [1.165, 1.54) is 11.1 Å². The van der Waals surface area contributed by atoms with E-state index < -0.39 is 17.7 Å². The van der Waals surface area contributed by atoms with Crippen LogP contribution >= 0.6 is 0 Å². The molecule has 9 heteroatoms. The van der Waals surface area contributed by atoms with Gasteiger partial charge >= 0.3 is 0 Å². The van der Waals surface area contributed by atoms with E-state index in [4.69, 9.17) is 4.74 Å². The largest absolute Gasteiger partial charge is 0.507 e. The van der Waals surface area contributed by atoms with E-state index in [1.807, 2.05) is 43.3 Å². The molecular formula is C26H27N5O4. The van der Waals surface area contributed by atoms with Gasteiger partial charge in [0.1, 0.15) is 5.76 Å². The Bertz CT molecular complexity index is 1250. The van der Waals surface area contributed by atoms with Crippen LogP contribution in [0.4, 0.5) is 0 Å². The molecule has 2 aliphatic heterocycles. The Morgan fingerprint density at radius 2 is 1.83 bits per heavy atom. The molecule has 2 fully saturated rings. The molecule has 0 spiro atoms. The number of pyridine rings is 1. The van der Waals surface area contributed by atoms with Crippen LogP contribution in [0.15, 0.2) is 66.6 Å². The van der Waals surface area contributed by atoms with Crippen LogP contribution in [-0.2, 0) is 14.3 Å². The van der Waals surface area contributed by atoms with Crippen LogP contribution in [0.1, 0.15) is 22.9 Å². The van der Waals surface area contributed by atoms with Crippen LogP contribution in [0.25, 0.3) is 11.4 Å². The summed E-state index contributed by atoms with van der Waals surface area (Å²) < 4.78 is 7.11. The highest BCUT2D eigenvalue weighted by Crippen LogP contribution is 2.39. The molecule has 0 bridgehead atoms. The molecule has 0 saturated carbocycles. The first-order chi connectivity index (χ1) is 17.1. The maximum absolute atomic E-state index is 13.3. The van der Waals surface area contributed by atoms with Crippen LogP contribution in [-0.4, -0.2) is 80.8 Å². The molecule has 2 saturated heterocycles. The van der Waals surface area contributed by atoms with Crippen molar-refractivity contribution in [2.75, 3.05) is 39.4 Å². The molecular weight excluding hydrogens is 446 g/mol. The van der Waals surface area contributed by atoms with Crippen LogP contribution in [0.3, 0.4) is 0 Å². The number of amides is 1. The summed E-state index contributed by atoms with van der Waals surface area (Å²) in [5.41, 5.74) is 2.63. The van der Waals surface area contributed by atoms with E-state index in [-0.39, 0.29) is 11.3 Å². The van der Waals surface area contributed by atoms with Gasteiger partial charge in [-0.25, -0.2) is 4.68 Å². The quantitative estimate of drug-likeness (QED) is 0.333. The van der Waals surface area contributed by atoms with Crippen molar-refractivity contribution >= 4 is 17.4 Å². The third-order valence-corrected chi connectivity index (χ3v) is 6.57. The first-order valence-electron chi connectivity index (χ1n) is 11.6. The Kier molecular flexibility index (Phi) is 6.43. The zero-order chi connectivity index (χ0) is 24.4. The average molecular weight is 474 g/mol. The van der Waals surface area contributed by atoms with Gasteiger partial charge in [-0.2, -0.15) is 5.10 Å². The van der Waals surface area contributed by atoms with E-state index in [0.717, 1.165) is 18.8 Å². The van der Waals surface area contributed by atoms with Gasteiger partial charge in [-0.1, -0.05) is 24.3 Å². The maximum Gasteiger partial charge on any atom is 0.295 e. The van der Waals surface area contributed by atoms with Crippen molar-refractivity contribution in [3.8, 4) is 5.69 Å². The normalized spacial score (nSPS) is 20.5. The minimum atomic E-state index is -0.732. The number of hydrogen-bond donors (Lipinski definition) is 1. The molecule has 1 aromatic carbocycles. The van der Waals surface area contributed by atoms with Crippen molar-refractivity contribution in [2.45, 2.75) is 13.0 Å². The predicted molar refractivity (Wildman–Crippen MR) is 129 cm³/mol. The number of ketones is 1. The molecule has 1 N–H and O–H groups in total. The average Bonchev–Trinajstić information content (AvgIpc) is 3.41. The second-order valence-electron chi connectivity index (χ2n) is 8.62. The summed E-state index contributed by atoms with van der Waals surface area (Å²) in [6, 6.07) is 12.4. The number of para-hydroxylation sites is 1. The number of aliphatic hydroxyl groups is 1. The van der Waals surface area contributed by atoms with Gasteiger partial charge in [-0.05, 0) is 30.7 Å². The van der Waals surface area contributed by atoms with Crippen LogP contribution < -0.4 is 0 Å². The third-order valence-electron chi connectivity index (χ3n) is 6.57. The molecule has 4 heterocycles. The number of aromatic nitrogens is 3. The Morgan fingerprint density at radius 3 is 2.54 bits per heavy atom. The lowest BCUT2D eigenvalue weighted by Crippen LogP contribution is -2.42. The molecule has 9 nitrogen and oxygen atoms in total. The van der Waals surface area contributed by atoms with E-state index in [0.29, 0.717) is 43.1 Å². The maximum atomic E-state index is 13.3. The summed E-state index contributed by atoms with van der Waals surface area (Å²) in [6.45, 7) is 5.63. The van der Waals surface area contributed by atoms with E-state index >= 15 is 0 Å². The first-order valence-corrected chi connectivity index (χ1v) is 11.6. The number of hydrogen-bond acceptors (Lipinski definition) is 7. The molecule has 180 valence electrons. The van der Waals surface area contributed by atoms with Gasteiger partial charge in [0.05, 0.1) is 48.0 Å². The van der Waals surface area contributed by atoms with Crippen molar-refractivity contribution in [1.29, 1.82) is 0 Å². The summed E-state index contributed by atoms with van der Waals surface area (Å²) in [4.78, 5) is 34.4. The monoisotopic (exact) mass is 473 g/mol. The van der Waals surface area contributed by atoms with Crippen molar-refractivity contribution in [2.24, 2.45) is 0 Å². The van der Waals surface area contributed by atoms with Crippen molar-refractivity contribution in [3.63, 3.8) is 0 Å². The summed E-state index contributed by atoms with van der Waals surface area (Å²) in [5, 5.41) is 15.8. The summed E-state index contributed by atoms with van der Waals surface area (Å²) in [5.74, 6) is -1.56. The molecule has 35 heavy (non-hydrogen) atoms. The summed E-state index contributed by atoms with van der Waals surface area (Å²) in [6.07, 6.45) is 4.79. The molecule has 0 radical (unpaired) electrons. The molecule has 5 rings (SSSR count). The minimum Gasteiger partial charge on any atom is -0.507 e. The molecule has 3 aromatic rings. The molecule has 1 atom stereocenters. The fraction of sp³-hybridized carbons (Fsp3) is 0.308. The van der Waals surface area contributed by atoms with E-state index in [2.05, 4.69) is 15.0 Å². The number of carbonyl (C=O) groups excluding carboxylic acids is 2. The lowest BCUT2D eigenvalue weighted by molar-refractivity contribution is -0.140. The van der Waals surface area contributed by atoms with Crippen LogP contribution in [0.2, 0.25) is 0 Å². The molecule has 1 amide bonds. The lowest BCUT2D eigenvalue weighted by Gasteiger charge is -2.30. The van der Waals surface area contributed by atoms with Crippen molar-refractivity contribution in [3.05, 3.63) is 83.4 Å². The molecule has 0 unspecified atom stereocenters. The zero-order valence-electron chi connectivity index (χ0n) is 19.5. The van der Waals surface area contributed by atoms with Gasteiger partial charge in [0.2, 0.25) is 0 Å². The van der Waals surface area contributed by atoms with Crippen LogP contribution in [0, 0.1) is 6.92 Å². The van der Waals surface area contributed by atoms with Gasteiger partial charge in [0, 0.05) is 38.6 Å². The minimum absolute atomic E-state index is 0.0562. The Labute approximate surface area is 203 Å². The second-order valence-corrected chi connectivity index (χ2v) is 8.62. The number of benzene rings is 1. The highest BCUT2D eigenvalue weighted by molar-refractivity contribution is 6.46. The van der Waals surface area contributed by atoms with Crippen LogP contribution in [0.5, 0.6) is 0 Å². The number of likely N-dealkylation sites (tertiary alicyclic amines) is 1. The van der Waals surface area contributed by atoms with E-state index in [1.54, 1.807) is 23.1 Å². The van der Waals surface area contributed by atoms with Gasteiger partial charge in [0.15, 0.2) is 0 Å². The number of Topliss-reactive ketones (excluding diaryl/α,β-unsaturated/α-hetero) is 1. The van der Waals surface area contributed by atoms with Gasteiger partial charge < -0.3 is 14.7 Å². The number of carbonyl (C=O) groups is 2. The number of aliphatic hydroxyl groups excluding tert-OH is 1. The predicted octanol–water partition coefficient (Wildman–Crippen LogP) is 2.33. The van der Waals surface area contributed by atoms with Gasteiger partial charge in [-0.15, -0.1) is 0 Å². The summed E-state index contributed by atoms with van der Waals surface area (Å²) >= 11 is 0. The van der Waals surface area contributed by atoms with Gasteiger partial charge in [0.25, 0.3) is 11.7 Å². The molecule has 0 aliphatic carbocycles. The standard InChI is InChI=1S/C26H27N5O4/c1-18-21(17-28-31(18)20-7-3-2-4-8-20)24(32)22-23(19-6-5-9-27-16-19)30(26(34)25(22)33)11-10-29-12-14-35-15-13-29/h2-9,16-17,23,32H,10-15H2,1H3/t23-/m1/s1. The number of ether oxygens (including phenoxy) is 1. The topological polar surface area (TPSA) is 101 Å². The lowest BCUT2D eigenvalue weighted by atomic mass is 9.96. The SMILES string of the molecule is Cc1c(C(O)=C2C(=O)C(=O)N(CCN3CCOCC3)[C@@H]2c2cccnc2)cnn1-c1ccccc1. The van der Waals surface area contributed by atoms with Crippen molar-refractivity contribution < 1.29 is 19.4 Å². The third kappa shape index (κ3) is 4.36.